The van der Waals surface area contributed by atoms with Crippen LogP contribution in [0.5, 0.6) is 5.88 Å². The first-order chi connectivity index (χ1) is 10.3. The highest BCUT2D eigenvalue weighted by atomic mass is 16.5. The number of hydrogen-bond donors (Lipinski definition) is 1. The Morgan fingerprint density at radius 3 is 2.67 bits per heavy atom. The van der Waals surface area contributed by atoms with E-state index in [9.17, 15) is 0 Å². The van der Waals surface area contributed by atoms with Crippen molar-refractivity contribution in [2.24, 2.45) is 0 Å². The zero-order valence-electron chi connectivity index (χ0n) is 12.7. The molecular weight excluding hydrogens is 264 g/mol. The number of nitrogens with one attached hydrogen (secondary N) is 1. The molecule has 0 radical (unpaired) electrons. The zero-order chi connectivity index (χ0) is 14.7. The summed E-state index contributed by atoms with van der Waals surface area (Å²) in [6.45, 7) is 2.03. The third-order valence-corrected chi connectivity index (χ3v) is 3.98. The van der Waals surface area contributed by atoms with Gasteiger partial charge in [0.25, 0.3) is 5.88 Å². The van der Waals surface area contributed by atoms with E-state index in [-0.39, 0.29) is 0 Å². The third-order valence-electron chi connectivity index (χ3n) is 3.98. The number of hydrogen-bond acceptors (Lipinski definition) is 5. The Labute approximate surface area is 125 Å². The summed E-state index contributed by atoms with van der Waals surface area (Å²) in [5.41, 5.74) is 1.76. The van der Waals surface area contributed by atoms with E-state index in [1.54, 1.807) is 7.11 Å². The Morgan fingerprint density at radius 2 is 2.00 bits per heavy atom. The first-order valence-electron chi connectivity index (χ1n) is 7.53. The standard InChI is InChI=1S/C16H22N4O/c1-20(11-12-7-5-6-10-17-12)15-16(21-2)19-14-9-4-3-8-13(14)18-15/h3-4,8-9,12,17H,5-7,10-11H2,1-2H3/t12-/m1/s1. The molecule has 0 unspecified atom stereocenters. The number of piperidine rings is 1. The second kappa shape index (κ2) is 6.26. The summed E-state index contributed by atoms with van der Waals surface area (Å²) in [4.78, 5) is 11.4. The van der Waals surface area contributed by atoms with Crippen LogP contribution >= 0.6 is 0 Å². The fourth-order valence-electron chi connectivity index (χ4n) is 2.86. The Bertz CT molecular complexity index is 610. The lowest BCUT2D eigenvalue weighted by molar-refractivity contribution is 0.388. The number of ether oxygens (including phenoxy) is 1. The van der Waals surface area contributed by atoms with Gasteiger partial charge in [-0.15, -0.1) is 0 Å². The average molecular weight is 286 g/mol. The maximum atomic E-state index is 5.43. The fourth-order valence-corrected chi connectivity index (χ4v) is 2.86. The van der Waals surface area contributed by atoms with E-state index in [0.29, 0.717) is 11.9 Å². The predicted octanol–water partition coefficient (Wildman–Crippen LogP) is 2.22. The molecule has 2 aromatic rings. The number of likely N-dealkylation sites (N-methyl/N-ethyl adjacent to an activating group) is 1. The minimum absolute atomic E-state index is 0.515. The van der Waals surface area contributed by atoms with Gasteiger partial charge in [-0.2, -0.15) is 0 Å². The number of fused-ring (bicyclic) bond motifs is 1. The molecule has 21 heavy (non-hydrogen) atoms. The third kappa shape index (κ3) is 3.08. The van der Waals surface area contributed by atoms with Crippen LogP contribution < -0.4 is 15.0 Å². The normalized spacial score (nSPS) is 18.7. The molecule has 1 aliphatic rings. The van der Waals surface area contributed by atoms with Crippen molar-refractivity contribution in [1.29, 1.82) is 0 Å². The van der Waals surface area contributed by atoms with Crippen LogP contribution in [0.1, 0.15) is 19.3 Å². The van der Waals surface area contributed by atoms with Crippen LogP contribution in [0.4, 0.5) is 5.82 Å². The molecule has 0 aliphatic carbocycles. The molecule has 5 nitrogen and oxygen atoms in total. The largest absolute Gasteiger partial charge is 0.478 e. The molecule has 1 aromatic heterocycles. The summed E-state index contributed by atoms with van der Waals surface area (Å²) in [7, 11) is 3.70. The molecule has 5 heteroatoms. The number of rotatable bonds is 4. The van der Waals surface area contributed by atoms with E-state index in [1.807, 2.05) is 24.3 Å². The van der Waals surface area contributed by atoms with Gasteiger partial charge in [0.05, 0.1) is 18.1 Å². The van der Waals surface area contributed by atoms with E-state index in [2.05, 4.69) is 22.2 Å². The van der Waals surface area contributed by atoms with Crippen molar-refractivity contribution in [1.82, 2.24) is 15.3 Å². The van der Waals surface area contributed by atoms with Gasteiger partial charge in [-0.3, -0.25) is 0 Å². The smallest absolute Gasteiger partial charge is 0.257 e. The van der Waals surface area contributed by atoms with E-state index in [1.165, 1.54) is 19.3 Å². The summed E-state index contributed by atoms with van der Waals surface area (Å²) >= 11 is 0. The maximum Gasteiger partial charge on any atom is 0.257 e. The van der Waals surface area contributed by atoms with Crippen molar-refractivity contribution >= 4 is 16.9 Å². The fraction of sp³-hybridized carbons (Fsp3) is 0.500. The number of anilines is 1. The average Bonchev–Trinajstić information content (AvgIpc) is 2.54. The Balaban J connectivity index is 1.86. The van der Waals surface area contributed by atoms with Crippen LogP contribution in [0.2, 0.25) is 0 Å². The van der Waals surface area contributed by atoms with Gasteiger partial charge >= 0.3 is 0 Å². The summed E-state index contributed by atoms with van der Waals surface area (Å²) in [5.74, 6) is 1.40. The summed E-state index contributed by atoms with van der Waals surface area (Å²) < 4.78 is 5.43. The molecule has 0 amide bonds. The minimum atomic E-state index is 0.515. The van der Waals surface area contributed by atoms with Crippen LogP contribution in [0.25, 0.3) is 11.0 Å². The molecule has 1 aliphatic heterocycles. The van der Waals surface area contributed by atoms with Crippen LogP contribution in [-0.2, 0) is 0 Å². The number of benzene rings is 1. The second-order valence-corrected chi connectivity index (χ2v) is 5.57. The van der Waals surface area contributed by atoms with E-state index >= 15 is 0 Å². The number of methoxy groups -OCH3 is 1. The van der Waals surface area contributed by atoms with Crippen LogP contribution in [0.15, 0.2) is 24.3 Å². The zero-order valence-corrected chi connectivity index (χ0v) is 12.7. The minimum Gasteiger partial charge on any atom is -0.478 e. The lowest BCUT2D eigenvalue weighted by atomic mass is 10.0. The van der Waals surface area contributed by atoms with Gasteiger partial charge in [0.15, 0.2) is 5.82 Å². The van der Waals surface area contributed by atoms with Gasteiger partial charge in [0, 0.05) is 19.6 Å². The van der Waals surface area contributed by atoms with Gasteiger partial charge < -0.3 is 15.0 Å². The van der Waals surface area contributed by atoms with E-state index in [0.717, 1.165) is 29.9 Å². The quantitative estimate of drug-likeness (QED) is 0.934. The van der Waals surface area contributed by atoms with Gasteiger partial charge in [-0.05, 0) is 31.5 Å². The molecular formula is C16H22N4O. The molecule has 112 valence electrons. The lowest BCUT2D eigenvalue weighted by Crippen LogP contribution is -2.42. The van der Waals surface area contributed by atoms with Crippen molar-refractivity contribution < 1.29 is 4.74 Å². The highest BCUT2D eigenvalue weighted by Gasteiger charge is 2.19. The Morgan fingerprint density at radius 1 is 1.24 bits per heavy atom. The SMILES string of the molecule is COc1nc2ccccc2nc1N(C)C[C@H]1CCCCN1. The predicted molar refractivity (Wildman–Crippen MR) is 85.0 cm³/mol. The Hall–Kier alpha value is -1.88. The first-order valence-corrected chi connectivity index (χ1v) is 7.53. The molecule has 1 atom stereocenters. The molecule has 0 spiro atoms. The van der Waals surface area contributed by atoms with E-state index < -0.39 is 0 Å². The summed E-state index contributed by atoms with van der Waals surface area (Å²) in [5, 5.41) is 3.56. The van der Waals surface area contributed by atoms with Gasteiger partial charge in [0.1, 0.15) is 0 Å². The monoisotopic (exact) mass is 286 g/mol. The molecule has 1 saturated heterocycles. The second-order valence-electron chi connectivity index (χ2n) is 5.57. The van der Waals surface area contributed by atoms with Crippen molar-refractivity contribution in [2.75, 3.05) is 32.1 Å². The number of para-hydroxylation sites is 2. The molecule has 1 fully saturated rings. The Kier molecular flexibility index (Phi) is 4.20. The lowest BCUT2D eigenvalue weighted by Gasteiger charge is -2.29. The molecule has 3 rings (SSSR count). The van der Waals surface area contributed by atoms with Crippen LogP contribution in [-0.4, -0.2) is 43.3 Å². The van der Waals surface area contributed by atoms with Gasteiger partial charge in [0.2, 0.25) is 0 Å². The molecule has 1 aromatic carbocycles. The maximum absolute atomic E-state index is 5.43. The molecule has 2 heterocycles. The van der Waals surface area contributed by atoms with Crippen LogP contribution in [0, 0.1) is 0 Å². The highest BCUT2D eigenvalue weighted by Crippen LogP contribution is 2.26. The molecule has 0 saturated carbocycles. The van der Waals surface area contributed by atoms with Crippen molar-refractivity contribution in [2.45, 2.75) is 25.3 Å². The summed E-state index contributed by atoms with van der Waals surface area (Å²) in [6.07, 6.45) is 3.79. The van der Waals surface area contributed by atoms with Crippen molar-refractivity contribution in [3.05, 3.63) is 24.3 Å². The van der Waals surface area contributed by atoms with Crippen molar-refractivity contribution in [3.63, 3.8) is 0 Å². The van der Waals surface area contributed by atoms with Gasteiger partial charge in [-0.25, -0.2) is 9.97 Å². The number of aromatic nitrogens is 2. The first kappa shape index (κ1) is 14.1. The van der Waals surface area contributed by atoms with Gasteiger partial charge in [-0.1, -0.05) is 18.6 Å². The molecule has 1 N–H and O–H groups in total. The number of nitrogens with zero attached hydrogens (tertiary/aromatic N) is 3. The highest BCUT2D eigenvalue weighted by molar-refractivity contribution is 5.77. The van der Waals surface area contributed by atoms with E-state index in [4.69, 9.17) is 9.72 Å². The summed E-state index contributed by atoms with van der Waals surface area (Å²) in [6, 6.07) is 8.40. The topological polar surface area (TPSA) is 50.3 Å². The van der Waals surface area contributed by atoms with Crippen LogP contribution in [0.3, 0.4) is 0 Å². The van der Waals surface area contributed by atoms with Crippen molar-refractivity contribution in [3.8, 4) is 5.88 Å². The molecule has 0 bridgehead atoms.